The molecule has 1 fully saturated rings. The van der Waals surface area contributed by atoms with Crippen molar-refractivity contribution in [3.05, 3.63) is 59.9 Å². The number of hydrogen-bond acceptors (Lipinski definition) is 2. The van der Waals surface area contributed by atoms with Gasteiger partial charge in [-0.15, -0.1) is 0 Å². The van der Waals surface area contributed by atoms with E-state index < -0.39 is 0 Å². The van der Waals surface area contributed by atoms with E-state index in [-0.39, 0.29) is 0 Å². The fourth-order valence-electron chi connectivity index (χ4n) is 2.77. The number of rotatable bonds is 3. The maximum atomic E-state index is 6.08. The predicted octanol–water partition coefficient (Wildman–Crippen LogP) is 3.54. The summed E-state index contributed by atoms with van der Waals surface area (Å²) >= 11 is 0. The van der Waals surface area contributed by atoms with Crippen molar-refractivity contribution in [1.29, 1.82) is 0 Å². The molecule has 0 atom stereocenters. The second-order valence-corrected chi connectivity index (χ2v) is 5.53. The van der Waals surface area contributed by atoms with Gasteiger partial charge in [-0.2, -0.15) is 0 Å². The molecular formula is C17H17N3. The highest BCUT2D eigenvalue weighted by molar-refractivity contribution is 5.87. The van der Waals surface area contributed by atoms with Gasteiger partial charge in [-0.25, -0.2) is 4.98 Å². The number of para-hydroxylation sites is 1. The summed E-state index contributed by atoms with van der Waals surface area (Å²) in [7, 11) is 0. The lowest BCUT2D eigenvalue weighted by Crippen LogP contribution is -2.04. The van der Waals surface area contributed by atoms with Crippen molar-refractivity contribution in [2.45, 2.75) is 25.3 Å². The zero-order valence-electron chi connectivity index (χ0n) is 11.3. The molecule has 0 aliphatic heterocycles. The highest BCUT2D eigenvalue weighted by atomic mass is 15.1. The molecule has 0 amide bonds. The number of nitrogens with two attached hydrogens (primary N) is 1. The molecule has 1 aromatic heterocycles. The van der Waals surface area contributed by atoms with Crippen LogP contribution in [-0.2, 0) is 6.54 Å². The number of hydrogen-bond donors (Lipinski definition) is 1. The fourth-order valence-corrected chi connectivity index (χ4v) is 2.77. The zero-order chi connectivity index (χ0) is 13.5. The minimum atomic E-state index is 0.616. The van der Waals surface area contributed by atoms with E-state index in [1.54, 1.807) is 0 Å². The summed E-state index contributed by atoms with van der Waals surface area (Å²) in [5.41, 5.74) is 10.3. The third-order valence-corrected chi connectivity index (χ3v) is 3.97. The van der Waals surface area contributed by atoms with Gasteiger partial charge in [0.15, 0.2) is 0 Å². The molecule has 100 valence electrons. The molecule has 20 heavy (non-hydrogen) atoms. The van der Waals surface area contributed by atoms with Crippen LogP contribution in [0.25, 0.3) is 11.0 Å². The Bertz CT molecular complexity index is 755. The summed E-state index contributed by atoms with van der Waals surface area (Å²) in [4.78, 5) is 4.81. The van der Waals surface area contributed by atoms with Crippen LogP contribution in [0.2, 0.25) is 0 Å². The van der Waals surface area contributed by atoms with Crippen LogP contribution in [0.1, 0.15) is 30.1 Å². The molecule has 3 nitrogen and oxygen atoms in total. The monoisotopic (exact) mass is 263 g/mol. The Balaban J connectivity index is 1.88. The molecule has 0 unspecified atom stereocenters. The number of nitrogens with zero attached hydrogens (tertiary/aromatic N) is 2. The molecule has 1 aliphatic rings. The van der Waals surface area contributed by atoms with E-state index in [4.69, 9.17) is 10.7 Å². The average molecular weight is 263 g/mol. The summed E-state index contributed by atoms with van der Waals surface area (Å²) in [6.07, 6.45) is 2.50. The van der Waals surface area contributed by atoms with Gasteiger partial charge in [0.1, 0.15) is 11.3 Å². The van der Waals surface area contributed by atoms with E-state index in [0.29, 0.717) is 5.92 Å². The number of aromatic nitrogens is 2. The second kappa shape index (κ2) is 4.37. The van der Waals surface area contributed by atoms with Gasteiger partial charge in [0.05, 0.1) is 11.2 Å². The Labute approximate surface area is 118 Å². The van der Waals surface area contributed by atoms with E-state index in [9.17, 15) is 0 Å². The van der Waals surface area contributed by atoms with E-state index >= 15 is 0 Å². The smallest absolute Gasteiger partial charge is 0.113 e. The molecule has 0 radical (unpaired) electrons. The standard InChI is InChI=1S/C17H17N3/c18-14-7-4-8-15-16(14)19-17(13-9-10-13)20(15)11-12-5-2-1-3-6-12/h1-8,13H,9-11,18H2. The van der Waals surface area contributed by atoms with Gasteiger partial charge in [-0.1, -0.05) is 36.4 Å². The second-order valence-electron chi connectivity index (χ2n) is 5.53. The SMILES string of the molecule is Nc1cccc2c1nc(C1CC1)n2Cc1ccccc1. The van der Waals surface area contributed by atoms with Gasteiger partial charge in [0.2, 0.25) is 0 Å². The van der Waals surface area contributed by atoms with Crippen LogP contribution in [0, 0.1) is 0 Å². The van der Waals surface area contributed by atoms with Crippen LogP contribution >= 0.6 is 0 Å². The van der Waals surface area contributed by atoms with E-state index in [0.717, 1.165) is 23.3 Å². The van der Waals surface area contributed by atoms with Crippen LogP contribution in [0.15, 0.2) is 48.5 Å². The van der Waals surface area contributed by atoms with Crippen molar-refractivity contribution in [2.24, 2.45) is 0 Å². The van der Waals surface area contributed by atoms with E-state index in [2.05, 4.69) is 41.0 Å². The summed E-state index contributed by atoms with van der Waals surface area (Å²) in [6.45, 7) is 0.868. The normalized spacial score (nSPS) is 14.8. The molecular weight excluding hydrogens is 246 g/mol. The molecule has 0 bridgehead atoms. The highest BCUT2D eigenvalue weighted by Crippen LogP contribution is 2.41. The summed E-state index contributed by atoms with van der Waals surface area (Å²) in [6, 6.07) is 16.6. The van der Waals surface area contributed by atoms with E-state index in [1.807, 2.05) is 12.1 Å². The summed E-state index contributed by atoms with van der Waals surface area (Å²) in [5, 5.41) is 0. The molecule has 3 aromatic rings. The molecule has 1 aliphatic carbocycles. The molecule has 2 N–H and O–H groups in total. The Kier molecular flexibility index (Phi) is 2.52. The van der Waals surface area contributed by atoms with E-state index in [1.165, 1.54) is 24.2 Å². The maximum absolute atomic E-state index is 6.08. The number of imidazole rings is 1. The van der Waals surface area contributed by atoms with Gasteiger partial charge in [-0.05, 0) is 30.5 Å². The first kappa shape index (κ1) is 11.5. The van der Waals surface area contributed by atoms with Gasteiger partial charge < -0.3 is 10.3 Å². The van der Waals surface area contributed by atoms with Gasteiger partial charge in [0.25, 0.3) is 0 Å². The van der Waals surface area contributed by atoms with Gasteiger partial charge in [-0.3, -0.25) is 0 Å². The molecule has 0 saturated heterocycles. The van der Waals surface area contributed by atoms with Crippen molar-refractivity contribution >= 4 is 16.7 Å². The largest absolute Gasteiger partial charge is 0.397 e. The van der Waals surface area contributed by atoms with Gasteiger partial charge >= 0.3 is 0 Å². The first-order chi connectivity index (χ1) is 9.83. The predicted molar refractivity (Wildman–Crippen MR) is 81.7 cm³/mol. The minimum absolute atomic E-state index is 0.616. The quantitative estimate of drug-likeness (QED) is 0.734. The van der Waals surface area contributed by atoms with Crippen molar-refractivity contribution in [3.8, 4) is 0 Å². The van der Waals surface area contributed by atoms with Crippen molar-refractivity contribution < 1.29 is 0 Å². The number of fused-ring (bicyclic) bond motifs is 1. The lowest BCUT2D eigenvalue weighted by atomic mass is 10.2. The van der Waals surface area contributed by atoms with Crippen molar-refractivity contribution in [3.63, 3.8) is 0 Å². The lowest BCUT2D eigenvalue weighted by molar-refractivity contribution is 0.747. The van der Waals surface area contributed by atoms with Crippen LogP contribution in [0.5, 0.6) is 0 Å². The van der Waals surface area contributed by atoms with Gasteiger partial charge in [0, 0.05) is 12.5 Å². The molecule has 4 rings (SSSR count). The first-order valence-electron chi connectivity index (χ1n) is 7.11. The van der Waals surface area contributed by atoms with Crippen molar-refractivity contribution in [2.75, 3.05) is 5.73 Å². The van der Waals surface area contributed by atoms with Crippen molar-refractivity contribution in [1.82, 2.24) is 9.55 Å². The third-order valence-electron chi connectivity index (χ3n) is 3.97. The summed E-state index contributed by atoms with van der Waals surface area (Å²) in [5.74, 6) is 1.81. The lowest BCUT2D eigenvalue weighted by Gasteiger charge is -2.09. The average Bonchev–Trinajstić information content (AvgIpc) is 3.25. The number of anilines is 1. The Morgan fingerprint density at radius 2 is 1.85 bits per heavy atom. The number of benzene rings is 2. The number of nitrogen functional groups attached to an aromatic ring is 1. The topological polar surface area (TPSA) is 43.8 Å². The van der Waals surface area contributed by atoms with Crippen LogP contribution in [0.3, 0.4) is 0 Å². The molecule has 1 saturated carbocycles. The van der Waals surface area contributed by atoms with Crippen LogP contribution in [-0.4, -0.2) is 9.55 Å². The minimum Gasteiger partial charge on any atom is -0.397 e. The first-order valence-corrected chi connectivity index (χ1v) is 7.11. The van der Waals surface area contributed by atoms with Crippen LogP contribution in [0.4, 0.5) is 5.69 Å². The molecule has 1 heterocycles. The molecule has 3 heteroatoms. The fraction of sp³-hybridized carbons (Fsp3) is 0.235. The molecule has 0 spiro atoms. The maximum Gasteiger partial charge on any atom is 0.113 e. The summed E-state index contributed by atoms with van der Waals surface area (Å²) < 4.78 is 2.33. The zero-order valence-corrected chi connectivity index (χ0v) is 11.3. The Morgan fingerprint density at radius 1 is 1.05 bits per heavy atom. The third kappa shape index (κ3) is 1.86. The Hall–Kier alpha value is -2.29. The Morgan fingerprint density at radius 3 is 2.60 bits per heavy atom. The highest BCUT2D eigenvalue weighted by Gasteiger charge is 2.29. The van der Waals surface area contributed by atoms with Crippen LogP contribution < -0.4 is 5.73 Å². The molecule has 2 aromatic carbocycles.